The molecule has 0 aromatic heterocycles. The monoisotopic (exact) mass is 566 g/mol. The summed E-state index contributed by atoms with van der Waals surface area (Å²) >= 11 is -2.62. The molecule has 0 rings (SSSR count). The Morgan fingerprint density at radius 3 is 1.00 bits per heavy atom. The molecule has 0 aliphatic carbocycles. The Balaban J connectivity index is -0.000000133. The molecule has 0 aliphatic heterocycles. The largest absolute Gasteiger partial charge is 1.00 e. The fourth-order valence-electron chi connectivity index (χ4n) is 1.58. The third-order valence-electron chi connectivity index (χ3n) is 3.47. The minimum Gasteiger partial charge on any atom is -1.00 e. The van der Waals surface area contributed by atoms with Gasteiger partial charge in [-0.05, 0) is 0 Å². The second-order valence-electron chi connectivity index (χ2n) is 6.34. The van der Waals surface area contributed by atoms with E-state index >= 15 is 0 Å². The molecule has 0 aromatic carbocycles. The van der Waals surface area contributed by atoms with Crippen molar-refractivity contribution in [2.75, 3.05) is 33.0 Å². The van der Waals surface area contributed by atoms with Gasteiger partial charge in [0.2, 0.25) is 0 Å². The Morgan fingerprint density at radius 1 is 0.467 bits per heavy atom. The van der Waals surface area contributed by atoms with Gasteiger partial charge in [0, 0.05) is 0 Å². The van der Waals surface area contributed by atoms with E-state index in [1.807, 2.05) is 0 Å². The van der Waals surface area contributed by atoms with Crippen LogP contribution >= 0.6 is 0 Å². The van der Waals surface area contributed by atoms with Gasteiger partial charge >= 0.3 is 187 Å². The fraction of sp³-hybridized carbons (Fsp3) is 1.00. The first-order chi connectivity index (χ1) is 13.3. The minimum atomic E-state index is -2.10. The summed E-state index contributed by atoms with van der Waals surface area (Å²) < 4.78 is 27.7. The summed E-state index contributed by atoms with van der Waals surface area (Å²) in [5.41, 5.74) is 0. The van der Waals surface area contributed by atoms with Crippen molar-refractivity contribution in [1.29, 1.82) is 0 Å². The Morgan fingerprint density at radius 2 is 0.733 bits per heavy atom. The maximum absolute atomic E-state index is 5.70. The SMILES string of the molecule is CCCC[O][Ti+2][O]CCCC.CCCC[O][Ti+]([O]CCCC)[O]CCCC.[Cl-].[Cl-].[Cl-]. The number of hydrogen-bond acceptors (Lipinski definition) is 5. The van der Waals surface area contributed by atoms with Crippen LogP contribution in [0.2, 0.25) is 0 Å². The van der Waals surface area contributed by atoms with E-state index in [4.69, 9.17) is 16.6 Å². The number of rotatable bonds is 20. The Labute approximate surface area is 223 Å². The molecular weight excluding hydrogens is 522 g/mol. The Bertz CT molecular complexity index is 231. The van der Waals surface area contributed by atoms with Crippen molar-refractivity contribution in [3.8, 4) is 0 Å². The summed E-state index contributed by atoms with van der Waals surface area (Å²) in [6, 6.07) is 0. The molecule has 10 heteroatoms. The van der Waals surface area contributed by atoms with Crippen LogP contribution in [0, 0.1) is 0 Å². The summed E-state index contributed by atoms with van der Waals surface area (Å²) in [5, 5.41) is 0. The van der Waals surface area contributed by atoms with Crippen LogP contribution < -0.4 is 37.2 Å². The Kier molecular flexibility index (Phi) is 58.3. The van der Waals surface area contributed by atoms with Crippen molar-refractivity contribution in [3.63, 3.8) is 0 Å². The zero-order valence-electron chi connectivity index (χ0n) is 19.8. The average Bonchev–Trinajstić information content (AvgIpc) is 2.68. The van der Waals surface area contributed by atoms with Gasteiger partial charge in [0.05, 0.1) is 0 Å². The van der Waals surface area contributed by atoms with Crippen molar-refractivity contribution in [2.24, 2.45) is 0 Å². The van der Waals surface area contributed by atoms with Crippen LogP contribution in [0.1, 0.15) is 98.8 Å². The van der Waals surface area contributed by atoms with Crippen LogP contribution in [-0.2, 0) is 55.6 Å². The maximum Gasteiger partial charge on any atom is -1.00 e. The van der Waals surface area contributed by atoms with Crippen molar-refractivity contribution >= 4 is 0 Å². The van der Waals surface area contributed by atoms with E-state index in [9.17, 15) is 0 Å². The van der Waals surface area contributed by atoms with Crippen LogP contribution in [0.25, 0.3) is 0 Å². The van der Waals surface area contributed by atoms with E-state index in [0.717, 1.165) is 71.6 Å². The van der Waals surface area contributed by atoms with Gasteiger partial charge in [-0.25, -0.2) is 0 Å². The first kappa shape index (κ1) is 42.3. The van der Waals surface area contributed by atoms with Crippen molar-refractivity contribution in [1.82, 2.24) is 0 Å². The first-order valence-electron chi connectivity index (χ1n) is 11.0. The molecule has 184 valence electrons. The molecule has 0 amide bonds. The molecule has 5 nitrogen and oxygen atoms in total. The van der Waals surface area contributed by atoms with Crippen LogP contribution in [0.4, 0.5) is 0 Å². The predicted molar refractivity (Wildman–Crippen MR) is 104 cm³/mol. The maximum atomic E-state index is 5.70. The van der Waals surface area contributed by atoms with Crippen LogP contribution in [0.5, 0.6) is 0 Å². The van der Waals surface area contributed by atoms with Gasteiger partial charge in [-0.1, -0.05) is 0 Å². The third-order valence-corrected chi connectivity index (χ3v) is 6.54. The normalized spacial score (nSPS) is 9.23. The van der Waals surface area contributed by atoms with Gasteiger partial charge < -0.3 is 37.2 Å². The first-order valence-corrected chi connectivity index (χ1v) is 14.2. The predicted octanol–water partition coefficient (Wildman–Crippen LogP) is -2.66. The van der Waals surface area contributed by atoms with Gasteiger partial charge in [0.15, 0.2) is 0 Å². The van der Waals surface area contributed by atoms with Gasteiger partial charge in [0.25, 0.3) is 0 Å². The number of unbranched alkanes of at least 4 members (excludes halogenated alkanes) is 5. The number of halogens is 3. The molecule has 0 atom stereocenters. The summed E-state index contributed by atoms with van der Waals surface area (Å²) in [7, 11) is 0. The van der Waals surface area contributed by atoms with Gasteiger partial charge in [-0.3, -0.25) is 0 Å². The van der Waals surface area contributed by atoms with E-state index in [0.29, 0.717) is 0 Å². The summed E-state index contributed by atoms with van der Waals surface area (Å²) in [6.45, 7) is 15.0. The zero-order chi connectivity index (χ0) is 20.4. The second kappa shape index (κ2) is 41.4. The van der Waals surface area contributed by atoms with Crippen LogP contribution in [-0.4, -0.2) is 33.0 Å². The molecule has 0 saturated carbocycles. The molecule has 0 bridgehead atoms. The number of hydrogen-bond donors (Lipinski definition) is 0. The smallest absolute Gasteiger partial charge is 1.00 e. The average molecular weight is 568 g/mol. The van der Waals surface area contributed by atoms with E-state index in [-0.39, 0.29) is 37.2 Å². The summed E-state index contributed by atoms with van der Waals surface area (Å²) in [6.07, 6.45) is 11.5. The molecule has 0 saturated heterocycles. The van der Waals surface area contributed by atoms with E-state index in [1.165, 1.54) is 25.7 Å². The third kappa shape index (κ3) is 40.5. The van der Waals surface area contributed by atoms with Crippen LogP contribution in [0.3, 0.4) is 0 Å². The summed E-state index contributed by atoms with van der Waals surface area (Å²) in [4.78, 5) is 0. The van der Waals surface area contributed by atoms with Crippen molar-refractivity contribution < 1.29 is 92.8 Å². The minimum absolute atomic E-state index is 0. The molecule has 0 N–H and O–H groups in total. The molecule has 0 unspecified atom stereocenters. The standard InChI is InChI=1S/5C4H9O.3ClH.2Ti/c5*1-2-3-4-5;;;;;/h5*2-4H2,1H3;3*1H;;/q5*-1;;;;2*+4/p-3. The molecule has 0 fully saturated rings. The van der Waals surface area contributed by atoms with Gasteiger partial charge in [-0.15, -0.1) is 0 Å². The quantitative estimate of drug-likeness (QED) is 0.119. The summed E-state index contributed by atoms with van der Waals surface area (Å²) in [5.74, 6) is 0. The van der Waals surface area contributed by atoms with Crippen LogP contribution in [0.15, 0.2) is 0 Å². The van der Waals surface area contributed by atoms with E-state index in [2.05, 4.69) is 34.6 Å². The molecule has 0 spiro atoms. The van der Waals surface area contributed by atoms with E-state index < -0.39 is 39.0 Å². The zero-order valence-corrected chi connectivity index (χ0v) is 25.2. The molecule has 0 aliphatic rings. The van der Waals surface area contributed by atoms with E-state index in [1.54, 1.807) is 0 Å². The Hall–Kier alpha value is 2.10. The second-order valence-corrected chi connectivity index (χ2v) is 9.64. The van der Waals surface area contributed by atoms with Gasteiger partial charge in [-0.2, -0.15) is 0 Å². The molecule has 0 radical (unpaired) electrons. The molecule has 0 aromatic rings. The topological polar surface area (TPSA) is 46.2 Å². The molecule has 0 heterocycles. The van der Waals surface area contributed by atoms with Crippen molar-refractivity contribution in [2.45, 2.75) is 98.8 Å². The molecular formula is C20H45Cl3O5Ti2. The molecule has 30 heavy (non-hydrogen) atoms. The van der Waals surface area contributed by atoms with Crippen molar-refractivity contribution in [3.05, 3.63) is 0 Å². The van der Waals surface area contributed by atoms with Gasteiger partial charge in [0.1, 0.15) is 0 Å². The fourth-order valence-corrected chi connectivity index (χ4v) is 4.27.